The number of nitrogens with zero attached hydrogens (tertiary/aromatic N) is 2. The Morgan fingerprint density at radius 3 is 2.55 bits per heavy atom. The van der Waals surface area contributed by atoms with Gasteiger partial charge in [-0.2, -0.15) is 0 Å². The van der Waals surface area contributed by atoms with E-state index >= 15 is 0 Å². The van der Waals surface area contributed by atoms with Gasteiger partial charge in [0.15, 0.2) is 0 Å². The number of fused-ring (bicyclic) bond motifs is 1. The number of imidazole rings is 1. The molecule has 22 heavy (non-hydrogen) atoms. The number of rotatable bonds is 5. The van der Waals surface area contributed by atoms with Gasteiger partial charge >= 0.3 is 5.69 Å². The summed E-state index contributed by atoms with van der Waals surface area (Å²) in [4.78, 5) is 12.2. The smallest absolute Gasteiger partial charge is 0.295 e. The molecule has 0 aliphatic heterocycles. The Morgan fingerprint density at radius 2 is 1.86 bits per heavy atom. The molecule has 6 nitrogen and oxygen atoms in total. The van der Waals surface area contributed by atoms with Crippen LogP contribution in [0.2, 0.25) is 0 Å². The van der Waals surface area contributed by atoms with E-state index in [0.29, 0.717) is 0 Å². The summed E-state index contributed by atoms with van der Waals surface area (Å²) in [6.07, 6.45) is 0. The van der Waals surface area contributed by atoms with Crippen molar-refractivity contribution in [2.24, 2.45) is 7.05 Å². The molecular weight excluding hydrogens is 322 g/mol. The fourth-order valence-electron chi connectivity index (χ4n) is 2.36. The Morgan fingerprint density at radius 1 is 1.14 bits per heavy atom. The third-order valence-corrected chi connectivity index (χ3v) is 6.30. The fraction of sp³-hybridized carbons (Fsp3) is 0.214. The molecule has 1 N–H and O–H groups in total. The largest absolute Gasteiger partial charge is 0.328 e. The number of hydrogen-bond acceptors (Lipinski definition) is 4. The van der Waals surface area contributed by atoms with Gasteiger partial charge in [0.2, 0.25) is 10.0 Å². The number of benzene rings is 1. The van der Waals surface area contributed by atoms with Crippen molar-refractivity contribution in [3.05, 3.63) is 52.3 Å². The van der Waals surface area contributed by atoms with Crippen LogP contribution in [0.4, 0.5) is 0 Å². The van der Waals surface area contributed by atoms with Gasteiger partial charge < -0.3 is 0 Å². The maximum atomic E-state index is 12.2. The summed E-state index contributed by atoms with van der Waals surface area (Å²) in [5, 5.41) is 1.71. The van der Waals surface area contributed by atoms with E-state index in [9.17, 15) is 13.2 Å². The summed E-state index contributed by atoms with van der Waals surface area (Å²) in [5.41, 5.74) is 1.47. The first-order valence-electron chi connectivity index (χ1n) is 6.68. The van der Waals surface area contributed by atoms with Crippen LogP contribution in [0.5, 0.6) is 0 Å². The molecule has 3 aromatic rings. The summed E-state index contributed by atoms with van der Waals surface area (Å²) in [5.74, 6) is 0. The molecule has 0 spiro atoms. The normalized spacial score (nSPS) is 12.0. The number of thiophene rings is 1. The van der Waals surface area contributed by atoms with Gasteiger partial charge in [0.05, 0.1) is 11.0 Å². The first kappa shape index (κ1) is 15.0. The topological polar surface area (TPSA) is 73.1 Å². The molecule has 8 heteroatoms. The molecule has 3 rings (SSSR count). The SMILES string of the molecule is Cn1c(=O)n(CCNS(=O)(=O)c2cccs2)c2ccccc21. The lowest BCUT2D eigenvalue weighted by molar-refractivity contribution is 0.573. The molecule has 0 bridgehead atoms. The molecule has 0 radical (unpaired) electrons. The second kappa shape index (κ2) is 5.71. The van der Waals surface area contributed by atoms with Crippen LogP contribution < -0.4 is 10.4 Å². The van der Waals surface area contributed by atoms with Crippen LogP contribution in [-0.2, 0) is 23.6 Å². The summed E-state index contributed by atoms with van der Waals surface area (Å²) in [7, 11) is -1.79. The van der Waals surface area contributed by atoms with Crippen molar-refractivity contribution in [2.45, 2.75) is 10.8 Å². The van der Waals surface area contributed by atoms with E-state index in [2.05, 4.69) is 4.72 Å². The second-order valence-corrected chi connectivity index (χ2v) is 7.75. The monoisotopic (exact) mass is 337 g/mol. The quantitative estimate of drug-likeness (QED) is 0.764. The van der Waals surface area contributed by atoms with E-state index < -0.39 is 10.0 Å². The predicted octanol–water partition coefficient (Wildman–Crippen LogP) is 1.38. The number of aryl methyl sites for hydroxylation is 1. The second-order valence-electron chi connectivity index (χ2n) is 4.81. The van der Waals surface area contributed by atoms with Crippen molar-refractivity contribution in [2.75, 3.05) is 6.54 Å². The number of sulfonamides is 1. The average Bonchev–Trinajstić information content (AvgIpc) is 3.12. The Labute approximate surface area is 131 Å². The first-order valence-corrected chi connectivity index (χ1v) is 9.04. The number of hydrogen-bond donors (Lipinski definition) is 1. The molecule has 0 amide bonds. The van der Waals surface area contributed by atoms with Gasteiger partial charge in [0.1, 0.15) is 4.21 Å². The highest BCUT2D eigenvalue weighted by molar-refractivity contribution is 7.91. The maximum absolute atomic E-state index is 12.2. The summed E-state index contributed by atoms with van der Waals surface area (Å²) in [6.45, 7) is 0.443. The van der Waals surface area contributed by atoms with Crippen LogP contribution in [0, 0.1) is 0 Å². The third-order valence-electron chi connectivity index (χ3n) is 3.44. The number of para-hydroxylation sites is 2. The third kappa shape index (κ3) is 2.60. The van der Waals surface area contributed by atoms with Crippen molar-refractivity contribution in [1.82, 2.24) is 13.9 Å². The van der Waals surface area contributed by atoms with E-state index in [0.717, 1.165) is 22.4 Å². The van der Waals surface area contributed by atoms with Crippen molar-refractivity contribution in [1.29, 1.82) is 0 Å². The molecule has 0 fully saturated rings. The minimum Gasteiger partial charge on any atom is -0.295 e. The van der Waals surface area contributed by atoms with Gasteiger partial charge in [-0.3, -0.25) is 9.13 Å². The summed E-state index contributed by atoms with van der Waals surface area (Å²) < 4.78 is 30.0. The molecule has 1 aromatic carbocycles. The molecule has 2 aromatic heterocycles. The van der Waals surface area contributed by atoms with Gasteiger partial charge in [0.25, 0.3) is 0 Å². The van der Waals surface area contributed by atoms with Crippen molar-refractivity contribution in [3.63, 3.8) is 0 Å². The number of nitrogens with one attached hydrogen (secondary N) is 1. The summed E-state index contributed by atoms with van der Waals surface area (Å²) >= 11 is 1.16. The molecule has 0 aliphatic carbocycles. The number of aromatic nitrogens is 2. The molecule has 0 saturated heterocycles. The molecule has 2 heterocycles. The maximum Gasteiger partial charge on any atom is 0.328 e. The van der Waals surface area contributed by atoms with E-state index in [1.54, 1.807) is 33.7 Å². The zero-order chi connectivity index (χ0) is 15.7. The lowest BCUT2D eigenvalue weighted by Gasteiger charge is -2.06. The minimum atomic E-state index is -3.50. The fourth-order valence-corrected chi connectivity index (χ4v) is 4.42. The Balaban J connectivity index is 1.81. The van der Waals surface area contributed by atoms with Crippen LogP contribution in [0.3, 0.4) is 0 Å². The molecular formula is C14H15N3O3S2. The highest BCUT2D eigenvalue weighted by Gasteiger charge is 2.15. The Kier molecular flexibility index (Phi) is 3.90. The lowest BCUT2D eigenvalue weighted by Crippen LogP contribution is -2.30. The van der Waals surface area contributed by atoms with E-state index in [1.165, 1.54) is 0 Å². The van der Waals surface area contributed by atoms with Gasteiger partial charge in [-0.1, -0.05) is 18.2 Å². The van der Waals surface area contributed by atoms with Crippen LogP contribution in [0.25, 0.3) is 11.0 Å². The minimum absolute atomic E-state index is 0.156. The van der Waals surface area contributed by atoms with Crippen LogP contribution >= 0.6 is 11.3 Å². The van der Waals surface area contributed by atoms with Crippen molar-refractivity contribution in [3.8, 4) is 0 Å². The molecule has 0 aliphatic rings. The standard InChI is InChI=1S/C14H15N3O3S2/c1-16-11-5-2-3-6-12(11)17(14(16)18)9-8-15-22(19,20)13-7-4-10-21-13/h2-7,10,15H,8-9H2,1H3. The lowest BCUT2D eigenvalue weighted by atomic mass is 10.3. The molecule has 0 unspecified atom stereocenters. The van der Waals surface area contributed by atoms with Crippen LogP contribution in [0.15, 0.2) is 50.8 Å². The Hall–Kier alpha value is -1.90. The van der Waals surface area contributed by atoms with Crippen LogP contribution in [-0.4, -0.2) is 24.1 Å². The highest BCUT2D eigenvalue weighted by atomic mass is 32.2. The molecule has 116 valence electrons. The average molecular weight is 337 g/mol. The van der Waals surface area contributed by atoms with Crippen molar-refractivity contribution >= 4 is 32.4 Å². The first-order chi connectivity index (χ1) is 10.5. The van der Waals surface area contributed by atoms with Crippen LogP contribution in [0.1, 0.15) is 0 Å². The zero-order valence-electron chi connectivity index (χ0n) is 11.9. The van der Waals surface area contributed by atoms with Gasteiger partial charge in [-0.05, 0) is 23.6 Å². The predicted molar refractivity (Wildman–Crippen MR) is 86.7 cm³/mol. The van der Waals surface area contributed by atoms with Gasteiger partial charge in [-0.25, -0.2) is 17.9 Å². The zero-order valence-corrected chi connectivity index (χ0v) is 13.5. The van der Waals surface area contributed by atoms with E-state index in [4.69, 9.17) is 0 Å². The molecule has 0 atom stereocenters. The van der Waals surface area contributed by atoms with E-state index in [1.807, 2.05) is 24.3 Å². The van der Waals surface area contributed by atoms with Gasteiger partial charge in [-0.15, -0.1) is 11.3 Å². The summed E-state index contributed by atoms with van der Waals surface area (Å²) in [6, 6.07) is 10.7. The van der Waals surface area contributed by atoms with E-state index in [-0.39, 0.29) is 23.0 Å². The highest BCUT2D eigenvalue weighted by Crippen LogP contribution is 2.15. The Bertz CT molecular complexity index is 953. The van der Waals surface area contributed by atoms with Crippen molar-refractivity contribution < 1.29 is 8.42 Å². The molecule has 0 saturated carbocycles. The van der Waals surface area contributed by atoms with Gasteiger partial charge in [0, 0.05) is 20.1 Å².